The van der Waals surface area contributed by atoms with Crippen LogP contribution in [0.4, 0.5) is 0 Å². The Balaban J connectivity index is 2.32. The Morgan fingerprint density at radius 2 is 1.74 bits per heavy atom. The lowest BCUT2D eigenvalue weighted by molar-refractivity contribution is 0.0693. The summed E-state index contributed by atoms with van der Waals surface area (Å²) < 4.78 is 0. The number of para-hydroxylation sites is 1. The van der Waals surface area contributed by atoms with E-state index in [1.54, 1.807) is 6.07 Å². The van der Waals surface area contributed by atoms with E-state index in [1.165, 1.54) is 6.07 Å². The van der Waals surface area contributed by atoms with E-state index in [1.807, 2.05) is 6.07 Å². The predicted molar refractivity (Wildman–Crippen MR) is 74.5 cm³/mol. The predicted octanol–water partition coefficient (Wildman–Crippen LogP) is 3.88. The maximum Gasteiger partial charge on any atom is 0.339 e. The van der Waals surface area contributed by atoms with Gasteiger partial charge in [-0.1, -0.05) is 32.9 Å². The zero-order chi connectivity index (χ0) is 14.2. The smallest absolute Gasteiger partial charge is 0.339 e. The van der Waals surface area contributed by atoms with Gasteiger partial charge in [-0.05, 0) is 48.1 Å². The quantitative estimate of drug-likeness (QED) is 0.850. The summed E-state index contributed by atoms with van der Waals surface area (Å²) >= 11 is 0. The second-order valence-electron chi connectivity index (χ2n) is 6.03. The number of aromatic carboxylic acids is 1. The summed E-state index contributed by atoms with van der Waals surface area (Å²) in [5.74, 6) is 1.03. The molecule has 0 radical (unpaired) electrons. The van der Waals surface area contributed by atoms with E-state index >= 15 is 0 Å². The van der Waals surface area contributed by atoms with Crippen LogP contribution in [0.2, 0.25) is 0 Å². The number of rotatable bonds is 2. The van der Waals surface area contributed by atoms with Crippen molar-refractivity contribution in [3.05, 3.63) is 29.3 Å². The van der Waals surface area contributed by atoms with Crippen LogP contribution in [0.1, 0.15) is 55.5 Å². The van der Waals surface area contributed by atoms with Crippen LogP contribution in [0.3, 0.4) is 0 Å². The van der Waals surface area contributed by atoms with Crippen molar-refractivity contribution in [1.82, 2.24) is 0 Å². The summed E-state index contributed by atoms with van der Waals surface area (Å²) in [7, 11) is 0. The molecule has 2 rings (SSSR count). The average molecular weight is 262 g/mol. The molecule has 104 valence electrons. The molecular weight excluding hydrogens is 240 g/mol. The lowest BCUT2D eigenvalue weighted by atomic mass is 9.68. The van der Waals surface area contributed by atoms with Crippen LogP contribution in [0, 0.1) is 17.8 Å². The fraction of sp³-hybridized carbons (Fsp3) is 0.562. The number of carbonyl (C=O) groups is 1. The molecule has 0 aliphatic heterocycles. The Kier molecular flexibility index (Phi) is 3.83. The standard InChI is InChI=1S/C16H22O3/c1-9-7-12(8-10(2)11(9)3)13-5-4-6-14(15(13)17)16(18)19/h4-6,9-12,17H,7-8H2,1-3H3,(H,18,19). The van der Waals surface area contributed by atoms with Crippen molar-refractivity contribution in [1.29, 1.82) is 0 Å². The molecule has 0 saturated heterocycles. The van der Waals surface area contributed by atoms with Gasteiger partial charge in [0.15, 0.2) is 0 Å². The maximum atomic E-state index is 11.1. The molecule has 0 amide bonds. The van der Waals surface area contributed by atoms with Gasteiger partial charge in [0, 0.05) is 0 Å². The summed E-state index contributed by atoms with van der Waals surface area (Å²) in [6, 6.07) is 5.05. The Morgan fingerprint density at radius 1 is 1.16 bits per heavy atom. The van der Waals surface area contributed by atoms with Gasteiger partial charge in [0.25, 0.3) is 0 Å². The highest BCUT2D eigenvalue weighted by Gasteiger charge is 2.32. The largest absolute Gasteiger partial charge is 0.507 e. The Morgan fingerprint density at radius 3 is 2.26 bits per heavy atom. The third-order valence-electron chi connectivity index (χ3n) is 4.85. The van der Waals surface area contributed by atoms with Gasteiger partial charge in [0.1, 0.15) is 11.3 Å². The van der Waals surface area contributed by atoms with Gasteiger partial charge in [0.2, 0.25) is 0 Å². The number of benzene rings is 1. The minimum Gasteiger partial charge on any atom is -0.507 e. The maximum absolute atomic E-state index is 11.1. The molecule has 1 aromatic carbocycles. The number of carboxylic acids is 1. The van der Waals surface area contributed by atoms with Crippen molar-refractivity contribution in [2.24, 2.45) is 17.8 Å². The van der Waals surface area contributed by atoms with Crippen molar-refractivity contribution < 1.29 is 15.0 Å². The first-order valence-corrected chi connectivity index (χ1v) is 6.97. The lowest BCUT2D eigenvalue weighted by Crippen LogP contribution is -2.27. The molecule has 19 heavy (non-hydrogen) atoms. The lowest BCUT2D eigenvalue weighted by Gasteiger charge is -2.37. The molecular formula is C16H22O3. The number of phenols is 1. The zero-order valence-corrected chi connectivity index (χ0v) is 11.8. The van der Waals surface area contributed by atoms with Crippen molar-refractivity contribution in [3.8, 4) is 5.75 Å². The molecule has 0 bridgehead atoms. The molecule has 1 aliphatic rings. The van der Waals surface area contributed by atoms with Crippen LogP contribution in [-0.4, -0.2) is 16.2 Å². The van der Waals surface area contributed by atoms with Gasteiger partial charge in [-0.15, -0.1) is 0 Å². The van der Waals surface area contributed by atoms with E-state index in [2.05, 4.69) is 20.8 Å². The van der Waals surface area contributed by atoms with Crippen LogP contribution >= 0.6 is 0 Å². The van der Waals surface area contributed by atoms with Gasteiger partial charge in [-0.3, -0.25) is 0 Å². The van der Waals surface area contributed by atoms with Crippen molar-refractivity contribution in [2.45, 2.75) is 39.5 Å². The third-order valence-corrected chi connectivity index (χ3v) is 4.85. The molecule has 2 N–H and O–H groups in total. The molecule has 0 spiro atoms. The SMILES string of the molecule is CC1CC(c2cccc(C(=O)O)c2O)CC(C)C1C. The van der Waals surface area contributed by atoms with Gasteiger partial charge < -0.3 is 10.2 Å². The monoisotopic (exact) mass is 262 g/mol. The van der Waals surface area contributed by atoms with Gasteiger partial charge in [-0.25, -0.2) is 4.79 Å². The van der Waals surface area contributed by atoms with Crippen molar-refractivity contribution in [3.63, 3.8) is 0 Å². The molecule has 2 atom stereocenters. The minimum absolute atomic E-state index is 0.0106. The number of hydrogen-bond donors (Lipinski definition) is 2. The first kappa shape index (κ1) is 13.9. The Labute approximate surface area is 114 Å². The van der Waals surface area contributed by atoms with Crippen LogP contribution in [0.15, 0.2) is 18.2 Å². The Hall–Kier alpha value is -1.51. The highest BCUT2D eigenvalue weighted by atomic mass is 16.4. The number of hydrogen-bond acceptors (Lipinski definition) is 2. The van der Waals surface area contributed by atoms with E-state index < -0.39 is 5.97 Å². The number of aromatic hydroxyl groups is 1. The molecule has 1 saturated carbocycles. The summed E-state index contributed by atoms with van der Waals surface area (Å²) in [5, 5.41) is 19.2. The minimum atomic E-state index is -1.07. The van der Waals surface area contributed by atoms with E-state index in [-0.39, 0.29) is 17.2 Å². The second kappa shape index (κ2) is 5.24. The van der Waals surface area contributed by atoms with Crippen LogP contribution in [-0.2, 0) is 0 Å². The summed E-state index contributed by atoms with van der Waals surface area (Å²) in [6.45, 7) is 6.76. The van der Waals surface area contributed by atoms with Crippen LogP contribution in [0.5, 0.6) is 5.75 Å². The van der Waals surface area contributed by atoms with Gasteiger partial charge in [-0.2, -0.15) is 0 Å². The first-order valence-electron chi connectivity index (χ1n) is 6.97. The summed E-state index contributed by atoms with van der Waals surface area (Å²) in [4.78, 5) is 11.1. The van der Waals surface area contributed by atoms with Gasteiger partial charge >= 0.3 is 5.97 Å². The van der Waals surface area contributed by atoms with Crippen molar-refractivity contribution >= 4 is 5.97 Å². The summed E-state index contributed by atoms with van der Waals surface area (Å²) in [6.07, 6.45) is 2.03. The molecule has 2 unspecified atom stereocenters. The molecule has 1 aromatic rings. The number of carboxylic acid groups (broad SMARTS) is 1. The fourth-order valence-corrected chi connectivity index (χ4v) is 3.30. The molecule has 0 aromatic heterocycles. The molecule has 3 heteroatoms. The highest BCUT2D eigenvalue weighted by molar-refractivity contribution is 5.91. The fourth-order valence-electron chi connectivity index (χ4n) is 3.30. The van der Waals surface area contributed by atoms with Crippen LogP contribution in [0.25, 0.3) is 0 Å². The zero-order valence-electron chi connectivity index (χ0n) is 11.8. The first-order chi connectivity index (χ1) is 8.91. The topological polar surface area (TPSA) is 57.5 Å². The van der Waals surface area contributed by atoms with Crippen molar-refractivity contribution in [2.75, 3.05) is 0 Å². The van der Waals surface area contributed by atoms with Gasteiger partial charge in [0.05, 0.1) is 0 Å². The average Bonchev–Trinajstić information content (AvgIpc) is 2.35. The van der Waals surface area contributed by atoms with E-state index in [0.717, 1.165) is 18.4 Å². The second-order valence-corrected chi connectivity index (χ2v) is 6.03. The molecule has 1 fully saturated rings. The summed E-state index contributed by atoms with van der Waals surface area (Å²) in [5.41, 5.74) is 0.807. The molecule has 3 nitrogen and oxygen atoms in total. The normalized spacial score (nSPS) is 31.1. The highest BCUT2D eigenvalue weighted by Crippen LogP contribution is 2.45. The Bertz CT molecular complexity index is 469. The molecule has 1 aliphatic carbocycles. The molecule has 0 heterocycles. The van der Waals surface area contributed by atoms with E-state index in [4.69, 9.17) is 5.11 Å². The van der Waals surface area contributed by atoms with Crippen LogP contribution < -0.4 is 0 Å². The third kappa shape index (κ3) is 2.60. The van der Waals surface area contributed by atoms with E-state index in [9.17, 15) is 9.90 Å². The van der Waals surface area contributed by atoms with E-state index in [0.29, 0.717) is 17.8 Å².